The lowest BCUT2D eigenvalue weighted by Crippen LogP contribution is -2.54. The molecule has 0 unspecified atom stereocenters. The van der Waals surface area contributed by atoms with E-state index < -0.39 is 11.6 Å². The number of rotatable bonds is 2. The molecule has 0 aliphatic carbocycles. The number of benzene rings is 2. The zero-order chi connectivity index (χ0) is 16.9. The molecular weight excluding hydrogens is 306 g/mol. The molecule has 6 heteroatoms. The van der Waals surface area contributed by atoms with E-state index in [-0.39, 0.29) is 16.7 Å². The van der Waals surface area contributed by atoms with Crippen LogP contribution in [-0.2, 0) is 10.3 Å². The fourth-order valence-electron chi connectivity index (χ4n) is 4.28. The van der Waals surface area contributed by atoms with Gasteiger partial charge in [0.1, 0.15) is 0 Å². The number of hydrogen-bond acceptors (Lipinski definition) is 4. The van der Waals surface area contributed by atoms with Gasteiger partial charge >= 0.3 is 0 Å². The first kappa shape index (κ1) is 14.8. The Morgan fingerprint density at radius 1 is 1.17 bits per heavy atom. The molecule has 122 valence electrons. The molecule has 0 radical (unpaired) electrons. The normalized spacial score (nSPS) is 28.8. The van der Waals surface area contributed by atoms with Gasteiger partial charge in [-0.2, -0.15) is 0 Å². The van der Waals surface area contributed by atoms with Crippen LogP contribution >= 0.6 is 0 Å². The van der Waals surface area contributed by atoms with Crippen LogP contribution in [0.1, 0.15) is 17.0 Å². The third kappa shape index (κ3) is 1.77. The number of para-hydroxylation sites is 1. The Morgan fingerprint density at radius 2 is 1.83 bits per heavy atom. The Labute approximate surface area is 139 Å². The maximum absolute atomic E-state index is 12.9. The highest BCUT2D eigenvalue weighted by atomic mass is 16.6. The molecule has 2 aromatic rings. The third-order valence-corrected chi connectivity index (χ3v) is 5.27. The maximum atomic E-state index is 12.9. The predicted molar refractivity (Wildman–Crippen MR) is 89.3 cm³/mol. The van der Waals surface area contributed by atoms with Crippen LogP contribution in [0.2, 0.25) is 0 Å². The van der Waals surface area contributed by atoms with E-state index in [1.165, 1.54) is 0 Å². The van der Waals surface area contributed by atoms with E-state index in [4.69, 9.17) is 0 Å². The number of nitrogens with one attached hydrogen (secondary N) is 1. The summed E-state index contributed by atoms with van der Waals surface area (Å²) in [6, 6.07) is 15.6. The number of nitro groups is 1. The molecule has 0 saturated carbocycles. The van der Waals surface area contributed by atoms with Crippen LogP contribution in [-0.4, -0.2) is 35.4 Å². The molecule has 2 aliphatic heterocycles. The monoisotopic (exact) mass is 323 g/mol. The van der Waals surface area contributed by atoms with Crippen molar-refractivity contribution in [2.75, 3.05) is 18.9 Å². The average molecular weight is 323 g/mol. The summed E-state index contributed by atoms with van der Waals surface area (Å²) >= 11 is 0. The van der Waals surface area contributed by atoms with Crippen molar-refractivity contribution < 1.29 is 9.72 Å². The molecule has 24 heavy (non-hydrogen) atoms. The molecule has 1 fully saturated rings. The van der Waals surface area contributed by atoms with Crippen molar-refractivity contribution >= 4 is 11.6 Å². The molecular formula is C18H17N3O3. The lowest BCUT2D eigenvalue weighted by atomic mass is 9.79. The van der Waals surface area contributed by atoms with Crippen LogP contribution < -0.4 is 5.32 Å². The molecule has 0 aromatic heterocycles. The third-order valence-electron chi connectivity index (χ3n) is 5.27. The minimum atomic E-state index is -1.26. The highest BCUT2D eigenvalue weighted by Crippen LogP contribution is 2.51. The molecule has 1 amide bonds. The summed E-state index contributed by atoms with van der Waals surface area (Å²) in [5.41, 5.74) is 0.980. The van der Waals surface area contributed by atoms with E-state index in [0.717, 1.165) is 5.56 Å². The lowest BCUT2D eigenvalue weighted by Gasteiger charge is -2.30. The van der Waals surface area contributed by atoms with Crippen LogP contribution in [0.5, 0.6) is 0 Å². The first-order valence-corrected chi connectivity index (χ1v) is 7.87. The van der Waals surface area contributed by atoms with Crippen molar-refractivity contribution in [3.8, 4) is 0 Å². The molecule has 0 bridgehead atoms. The SMILES string of the molecule is CN1C[C@H](c2ccccc2)[C@@H]([N+](=O)[O-])[C@@]12C(=O)Nc1ccccc12. The van der Waals surface area contributed by atoms with Gasteiger partial charge in [-0.05, 0) is 18.7 Å². The Morgan fingerprint density at radius 3 is 2.54 bits per heavy atom. The summed E-state index contributed by atoms with van der Waals surface area (Å²) in [6.07, 6.45) is 0. The van der Waals surface area contributed by atoms with Gasteiger partial charge in [0, 0.05) is 22.7 Å². The highest BCUT2D eigenvalue weighted by molar-refractivity contribution is 6.06. The average Bonchev–Trinajstić information content (AvgIpc) is 3.05. The topological polar surface area (TPSA) is 75.5 Å². The smallest absolute Gasteiger partial charge is 0.256 e. The molecule has 4 rings (SSSR count). The zero-order valence-electron chi connectivity index (χ0n) is 13.2. The number of carbonyl (C=O) groups excluding carboxylic acids is 1. The van der Waals surface area contributed by atoms with Crippen molar-refractivity contribution in [3.63, 3.8) is 0 Å². The van der Waals surface area contributed by atoms with E-state index in [2.05, 4.69) is 5.32 Å². The van der Waals surface area contributed by atoms with Gasteiger partial charge in [-0.1, -0.05) is 48.5 Å². The van der Waals surface area contributed by atoms with Crippen molar-refractivity contribution in [3.05, 3.63) is 75.8 Å². The first-order chi connectivity index (χ1) is 11.6. The number of likely N-dealkylation sites (N-methyl/N-ethyl adjacent to an activating group) is 1. The molecule has 3 atom stereocenters. The largest absolute Gasteiger partial charge is 0.324 e. The molecule has 2 heterocycles. The van der Waals surface area contributed by atoms with Gasteiger partial charge in [-0.15, -0.1) is 0 Å². The summed E-state index contributed by atoms with van der Waals surface area (Å²) in [7, 11) is 1.79. The number of fused-ring (bicyclic) bond motifs is 2. The molecule has 1 spiro atoms. The number of likely N-dealkylation sites (tertiary alicyclic amines) is 1. The fraction of sp³-hybridized carbons (Fsp3) is 0.278. The van der Waals surface area contributed by atoms with Crippen molar-refractivity contribution in [1.29, 1.82) is 0 Å². The van der Waals surface area contributed by atoms with Crippen LogP contribution in [0.15, 0.2) is 54.6 Å². The highest BCUT2D eigenvalue weighted by Gasteiger charge is 2.68. The number of carbonyl (C=O) groups is 1. The molecule has 1 saturated heterocycles. The van der Waals surface area contributed by atoms with Gasteiger partial charge in [0.25, 0.3) is 11.9 Å². The van der Waals surface area contributed by atoms with Crippen LogP contribution in [0, 0.1) is 10.1 Å². The molecule has 1 N–H and O–H groups in total. The van der Waals surface area contributed by atoms with E-state index in [0.29, 0.717) is 17.8 Å². The Balaban J connectivity index is 1.92. The first-order valence-electron chi connectivity index (χ1n) is 7.87. The minimum absolute atomic E-state index is 0.289. The van der Waals surface area contributed by atoms with E-state index in [1.54, 1.807) is 13.1 Å². The summed E-state index contributed by atoms with van der Waals surface area (Å²) in [5, 5.41) is 14.9. The fourth-order valence-corrected chi connectivity index (χ4v) is 4.28. The van der Waals surface area contributed by atoms with E-state index >= 15 is 0 Å². The van der Waals surface area contributed by atoms with Gasteiger partial charge in [0.15, 0.2) is 5.54 Å². The van der Waals surface area contributed by atoms with Gasteiger partial charge in [-0.25, -0.2) is 0 Å². The van der Waals surface area contributed by atoms with Crippen LogP contribution in [0.25, 0.3) is 0 Å². The Kier molecular flexibility index (Phi) is 3.18. The summed E-state index contributed by atoms with van der Waals surface area (Å²) in [6.45, 7) is 0.456. The Hall–Kier alpha value is -2.73. The van der Waals surface area contributed by atoms with E-state index in [1.807, 2.05) is 53.4 Å². The van der Waals surface area contributed by atoms with Crippen LogP contribution in [0.3, 0.4) is 0 Å². The van der Waals surface area contributed by atoms with Gasteiger partial charge in [-0.3, -0.25) is 19.8 Å². The van der Waals surface area contributed by atoms with Gasteiger partial charge in [0.2, 0.25) is 0 Å². The standard InChI is InChI=1S/C18H17N3O3/c1-20-11-13(12-7-3-2-4-8-12)16(21(23)24)18(20)14-9-5-6-10-15(14)19-17(18)22/h2-10,13,16H,11H2,1H3,(H,19,22)/t13-,16-,18+/m1/s1. The van der Waals surface area contributed by atoms with Gasteiger partial charge in [0.05, 0.1) is 5.92 Å². The molecule has 2 aromatic carbocycles. The number of hydrogen-bond donors (Lipinski definition) is 1. The summed E-state index contributed by atoms with van der Waals surface area (Å²) in [5.74, 6) is -0.658. The molecule has 2 aliphatic rings. The number of nitrogens with zero attached hydrogens (tertiary/aromatic N) is 2. The zero-order valence-corrected chi connectivity index (χ0v) is 13.2. The van der Waals surface area contributed by atoms with Gasteiger partial charge < -0.3 is 5.32 Å². The second-order valence-electron chi connectivity index (χ2n) is 6.39. The second-order valence-corrected chi connectivity index (χ2v) is 6.39. The quantitative estimate of drug-likeness (QED) is 0.679. The lowest BCUT2D eigenvalue weighted by molar-refractivity contribution is -0.534. The minimum Gasteiger partial charge on any atom is -0.324 e. The number of amides is 1. The van der Waals surface area contributed by atoms with E-state index in [9.17, 15) is 14.9 Å². The maximum Gasteiger partial charge on any atom is 0.256 e. The van der Waals surface area contributed by atoms with Crippen molar-refractivity contribution in [2.45, 2.75) is 17.5 Å². The second kappa shape index (κ2) is 5.14. The Bertz CT molecular complexity index is 823. The van der Waals surface area contributed by atoms with Crippen molar-refractivity contribution in [2.24, 2.45) is 0 Å². The predicted octanol–water partition coefficient (Wildman–Crippen LogP) is 2.21. The molecule has 6 nitrogen and oxygen atoms in total. The summed E-state index contributed by atoms with van der Waals surface area (Å²) < 4.78 is 0. The van der Waals surface area contributed by atoms with Crippen LogP contribution in [0.4, 0.5) is 5.69 Å². The number of anilines is 1. The van der Waals surface area contributed by atoms with Crippen molar-refractivity contribution in [1.82, 2.24) is 4.90 Å². The summed E-state index contributed by atoms with van der Waals surface area (Å²) in [4.78, 5) is 26.5.